The van der Waals surface area contributed by atoms with Gasteiger partial charge < -0.3 is 15.4 Å². The maximum absolute atomic E-state index is 12.2. The summed E-state index contributed by atoms with van der Waals surface area (Å²) in [5, 5.41) is 10.6. The van der Waals surface area contributed by atoms with E-state index in [1.165, 1.54) is 0 Å². The number of carbonyl (C=O) groups is 2. The molecule has 0 aliphatic heterocycles. The van der Waals surface area contributed by atoms with Gasteiger partial charge in [-0.25, -0.2) is 4.79 Å². The molecule has 2 amide bonds. The Kier molecular flexibility index (Phi) is 7.87. The highest BCUT2D eigenvalue weighted by atomic mass is 32.2. The van der Waals surface area contributed by atoms with Crippen molar-refractivity contribution in [1.29, 1.82) is 0 Å². The standard InChI is InChI=1S/C24H34N4O3S/c1-6-19-21(32-18-12-8-16(9-13-18)22(29)26-17-10-11-17)20(7-2)28(27-19)15-14-25-23(30)31-24(3,4)5/h8-9,12-13,17H,6-7,10-11,14-15H2,1-5H3,(H,25,30)(H,26,29). The highest BCUT2D eigenvalue weighted by Crippen LogP contribution is 2.34. The van der Waals surface area contributed by atoms with E-state index in [-0.39, 0.29) is 5.91 Å². The number of rotatable bonds is 9. The first-order valence-electron chi connectivity index (χ1n) is 11.3. The summed E-state index contributed by atoms with van der Waals surface area (Å²) in [5.41, 5.74) is 2.36. The molecule has 0 spiro atoms. The van der Waals surface area contributed by atoms with Gasteiger partial charge in [0.05, 0.1) is 22.8 Å². The lowest BCUT2D eigenvalue weighted by Crippen LogP contribution is -2.34. The molecule has 8 heteroatoms. The molecule has 1 aliphatic rings. The fourth-order valence-electron chi connectivity index (χ4n) is 3.28. The molecule has 0 radical (unpaired) electrons. The van der Waals surface area contributed by atoms with E-state index >= 15 is 0 Å². The van der Waals surface area contributed by atoms with Crippen LogP contribution >= 0.6 is 11.8 Å². The van der Waals surface area contributed by atoms with Crippen LogP contribution in [0, 0.1) is 0 Å². The Morgan fingerprint density at radius 1 is 1.16 bits per heavy atom. The Balaban J connectivity index is 1.66. The first-order valence-corrected chi connectivity index (χ1v) is 12.2. The normalized spacial score (nSPS) is 13.7. The molecule has 2 N–H and O–H groups in total. The molecule has 1 aromatic heterocycles. The van der Waals surface area contributed by atoms with Crippen molar-refractivity contribution in [3.8, 4) is 0 Å². The van der Waals surface area contributed by atoms with E-state index in [1.54, 1.807) is 11.8 Å². The van der Waals surface area contributed by atoms with E-state index in [1.807, 2.05) is 49.7 Å². The Bertz CT molecular complexity index is 943. The Morgan fingerprint density at radius 3 is 2.41 bits per heavy atom. The van der Waals surface area contributed by atoms with Crippen molar-refractivity contribution in [3.05, 3.63) is 41.2 Å². The lowest BCUT2D eigenvalue weighted by molar-refractivity contribution is 0.0525. The average molecular weight is 459 g/mol. The number of hydrogen-bond donors (Lipinski definition) is 2. The predicted octanol–water partition coefficient (Wildman–Crippen LogP) is 4.58. The van der Waals surface area contributed by atoms with Crippen molar-refractivity contribution in [1.82, 2.24) is 20.4 Å². The summed E-state index contributed by atoms with van der Waals surface area (Å²) >= 11 is 1.68. The summed E-state index contributed by atoms with van der Waals surface area (Å²) in [4.78, 5) is 26.4. The van der Waals surface area contributed by atoms with Gasteiger partial charge in [0.2, 0.25) is 0 Å². The molecule has 3 rings (SSSR count). The molecule has 1 aromatic carbocycles. The second-order valence-corrected chi connectivity index (χ2v) is 10.0. The van der Waals surface area contributed by atoms with Gasteiger partial charge in [-0.2, -0.15) is 5.10 Å². The minimum Gasteiger partial charge on any atom is -0.444 e. The van der Waals surface area contributed by atoms with Crippen LogP contribution in [0.3, 0.4) is 0 Å². The zero-order chi connectivity index (χ0) is 23.3. The average Bonchev–Trinajstić information content (AvgIpc) is 3.48. The number of ether oxygens (including phenoxy) is 1. The molecular weight excluding hydrogens is 424 g/mol. The summed E-state index contributed by atoms with van der Waals surface area (Å²) in [6.07, 6.45) is 3.40. The molecular formula is C24H34N4O3S. The molecule has 1 aliphatic carbocycles. The Labute approximate surface area is 194 Å². The molecule has 32 heavy (non-hydrogen) atoms. The van der Waals surface area contributed by atoms with Crippen LogP contribution in [0.25, 0.3) is 0 Å². The van der Waals surface area contributed by atoms with Gasteiger partial charge in [-0.1, -0.05) is 25.6 Å². The molecule has 7 nitrogen and oxygen atoms in total. The first-order chi connectivity index (χ1) is 15.2. The Hall–Kier alpha value is -2.48. The van der Waals surface area contributed by atoms with Crippen molar-refractivity contribution in [2.75, 3.05) is 6.54 Å². The highest BCUT2D eigenvalue weighted by molar-refractivity contribution is 7.99. The number of nitrogens with zero attached hydrogens (tertiary/aromatic N) is 2. The largest absolute Gasteiger partial charge is 0.444 e. The molecule has 174 valence electrons. The third-order valence-electron chi connectivity index (χ3n) is 4.99. The zero-order valence-electron chi connectivity index (χ0n) is 19.7. The van der Waals surface area contributed by atoms with E-state index in [0.717, 1.165) is 46.9 Å². The van der Waals surface area contributed by atoms with Crippen molar-refractivity contribution < 1.29 is 14.3 Å². The van der Waals surface area contributed by atoms with Crippen molar-refractivity contribution in [2.24, 2.45) is 0 Å². The van der Waals surface area contributed by atoms with Crippen LogP contribution < -0.4 is 10.6 Å². The molecule has 2 aromatic rings. The van der Waals surface area contributed by atoms with Crippen molar-refractivity contribution in [2.45, 2.75) is 88.3 Å². The quantitative estimate of drug-likeness (QED) is 0.575. The maximum atomic E-state index is 12.2. The summed E-state index contributed by atoms with van der Waals surface area (Å²) in [6.45, 7) is 10.8. The molecule has 1 heterocycles. The van der Waals surface area contributed by atoms with Gasteiger partial charge in [0.1, 0.15) is 5.60 Å². The van der Waals surface area contributed by atoms with Gasteiger partial charge in [-0.15, -0.1) is 0 Å². The second kappa shape index (κ2) is 10.4. The van der Waals surface area contributed by atoms with Gasteiger partial charge >= 0.3 is 6.09 Å². The van der Waals surface area contributed by atoms with Crippen LogP contribution in [0.15, 0.2) is 34.1 Å². The van der Waals surface area contributed by atoms with Crippen LogP contribution in [-0.4, -0.2) is 40.0 Å². The summed E-state index contributed by atoms with van der Waals surface area (Å²) < 4.78 is 7.28. The lowest BCUT2D eigenvalue weighted by Gasteiger charge is -2.19. The van der Waals surface area contributed by atoms with Crippen molar-refractivity contribution >= 4 is 23.8 Å². The van der Waals surface area contributed by atoms with Crippen LogP contribution in [0.4, 0.5) is 4.79 Å². The van der Waals surface area contributed by atoms with Gasteiger partial charge in [-0.3, -0.25) is 9.48 Å². The number of alkyl carbamates (subject to hydrolysis) is 1. The number of nitrogens with one attached hydrogen (secondary N) is 2. The van der Waals surface area contributed by atoms with E-state index in [2.05, 4.69) is 24.5 Å². The summed E-state index contributed by atoms with van der Waals surface area (Å²) in [5.74, 6) is -0.00199. The van der Waals surface area contributed by atoms with Gasteiger partial charge in [0, 0.05) is 23.0 Å². The number of benzene rings is 1. The monoisotopic (exact) mass is 458 g/mol. The molecule has 0 saturated heterocycles. The first kappa shape index (κ1) is 24.2. The summed E-state index contributed by atoms with van der Waals surface area (Å²) in [7, 11) is 0. The topological polar surface area (TPSA) is 85.2 Å². The maximum Gasteiger partial charge on any atom is 0.407 e. The van der Waals surface area contributed by atoms with Gasteiger partial charge in [0.15, 0.2) is 0 Å². The van der Waals surface area contributed by atoms with E-state index < -0.39 is 11.7 Å². The van der Waals surface area contributed by atoms with Gasteiger partial charge in [-0.05, 0) is 70.7 Å². The Morgan fingerprint density at radius 2 is 1.84 bits per heavy atom. The minimum atomic E-state index is -0.516. The molecule has 0 unspecified atom stereocenters. The third-order valence-corrected chi connectivity index (χ3v) is 6.17. The molecule has 1 saturated carbocycles. The summed E-state index contributed by atoms with van der Waals surface area (Å²) in [6, 6.07) is 8.10. The fourth-order valence-corrected chi connectivity index (χ4v) is 4.46. The van der Waals surface area contributed by atoms with Crippen LogP contribution in [0.1, 0.15) is 69.2 Å². The second-order valence-electron chi connectivity index (χ2n) is 8.96. The number of hydrogen-bond acceptors (Lipinski definition) is 5. The van der Waals surface area contributed by atoms with Crippen LogP contribution in [-0.2, 0) is 24.1 Å². The number of aryl methyl sites for hydroxylation is 1. The zero-order valence-corrected chi connectivity index (χ0v) is 20.5. The molecule has 0 atom stereocenters. The molecule has 1 fully saturated rings. The van der Waals surface area contributed by atoms with Gasteiger partial charge in [0.25, 0.3) is 5.91 Å². The third kappa shape index (κ3) is 6.76. The number of amides is 2. The number of carbonyl (C=O) groups excluding carboxylic acids is 2. The van der Waals surface area contributed by atoms with E-state index in [9.17, 15) is 9.59 Å². The number of aromatic nitrogens is 2. The smallest absolute Gasteiger partial charge is 0.407 e. The predicted molar refractivity (Wildman–Crippen MR) is 126 cm³/mol. The highest BCUT2D eigenvalue weighted by Gasteiger charge is 2.24. The fraction of sp³-hybridized carbons (Fsp3) is 0.542. The SMILES string of the molecule is CCc1nn(CCNC(=O)OC(C)(C)C)c(CC)c1Sc1ccc(C(=O)NC2CC2)cc1. The van der Waals surface area contributed by atoms with Crippen LogP contribution in [0.5, 0.6) is 0 Å². The van der Waals surface area contributed by atoms with E-state index in [4.69, 9.17) is 9.84 Å². The van der Waals surface area contributed by atoms with Crippen molar-refractivity contribution in [3.63, 3.8) is 0 Å². The minimum absolute atomic E-state index is 0.00199. The van der Waals surface area contributed by atoms with Crippen LogP contribution in [0.2, 0.25) is 0 Å². The van der Waals surface area contributed by atoms with E-state index in [0.29, 0.717) is 24.7 Å². The lowest BCUT2D eigenvalue weighted by atomic mass is 10.2. The molecule has 0 bridgehead atoms.